The number of rotatable bonds is 4. The summed E-state index contributed by atoms with van der Waals surface area (Å²) in [5, 5.41) is 4.32. The average Bonchev–Trinajstić information content (AvgIpc) is 2.80. The largest absolute Gasteiger partial charge is 0.326 e. The Hall–Kier alpha value is -0.910. The van der Waals surface area contributed by atoms with Gasteiger partial charge in [0.05, 0.1) is 12.2 Å². The van der Waals surface area contributed by atoms with E-state index >= 15 is 0 Å². The Labute approximate surface area is 122 Å². The molecule has 0 saturated carbocycles. The number of likely N-dealkylation sites (N-methyl/N-ethyl adjacent to an activating group) is 1. The van der Waals surface area contributed by atoms with E-state index < -0.39 is 0 Å². The predicted molar refractivity (Wildman–Crippen MR) is 82.5 cm³/mol. The number of hydrogen-bond acceptors (Lipinski definition) is 4. The summed E-state index contributed by atoms with van der Waals surface area (Å²) in [4.78, 5) is 4.96. The van der Waals surface area contributed by atoms with Crippen molar-refractivity contribution in [1.82, 2.24) is 19.6 Å². The third-order valence-corrected chi connectivity index (χ3v) is 4.68. The van der Waals surface area contributed by atoms with Crippen LogP contribution >= 0.6 is 0 Å². The average molecular weight is 279 g/mol. The Balaban J connectivity index is 2.24. The lowest BCUT2D eigenvalue weighted by Gasteiger charge is -2.48. The van der Waals surface area contributed by atoms with Gasteiger partial charge in [-0.15, -0.1) is 0 Å². The van der Waals surface area contributed by atoms with Gasteiger partial charge in [-0.2, -0.15) is 5.10 Å². The van der Waals surface area contributed by atoms with E-state index in [1.54, 1.807) is 0 Å². The number of aryl methyl sites for hydroxylation is 1. The molecule has 1 aliphatic rings. The van der Waals surface area contributed by atoms with Crippen LogP contribution in [0.25, 0.3) is 0 Å². The molecular formula is C15H29N5. The van der Waals surface area contributed by atoms with E-state index in [2.05, 4.69) is 48.9 Å². The van der Waals surface area contributed by atoms with E-state index in [1.807, 2.05) is 17.9 Å². The van der Waals surface area contributed by atoms with Crippen LogP contribution in [-0.4, -0.2) is 57.8 Å². The smallest absolute Gasteiger partial charge is 0.0538 e. The van der Waals surface area contributed by atoms with Crippen LogP contribution in [0.3, 0.4) is 0 Å². The first kappa shape index (κ1) is 15.5. The van der Waals surface area contributed by atoms with Gasteiger partial charge in [0.2, 0.25) is 0 Å². The summed E-state index contributed by atoms with van der Waals surface area (Å²) >= 11 is 0. The van der Waals surface area contributed by atoms with Gasteiger partial charge in [-0.3, -0.25) is 14.5 Å². The van der Waals surface area contributed by atoms with E-state index in [1.165, 1.54) is 5.56 Å². The van der Waals surface area contributed by atoms with Crippen LogP contribution in [0.2, 0.25) is 0 Å². The third kappa shape index (κ3) is 3.05. The summed E-state index contributed by atoms with van der Waals surface area (Å²) in [5.41, 5.74) is 7.85. The van der Waals surface area contributed by atoms with Gasteiger partial charge in [0, 0.05) is 50.0 Å². The van der Waals surface area contributed by atoms with Crippen molar-refractivity contribution in [2.75, 3.05) is 26.7 Å². The van der Waals surface area contributed by atoms with Gasteiger partial charge in [0.25, 0.3) is 0 Å². The molecule has 0 aromatic carbocycles. The Morgan fingerprint density at radius 3 is 2.55 bits per heavy atom. The predicted octanol–water partition coefficient (Wildman–Crippen LogP) is 1.22. The van der Waals surface area contributed by atoms with Crippen LogP contribution in [0, 0.1) is 0 Å². The molecule has 1 aromatic rings. The fraction of sp³-hybridized carbons (Fsp3) is 0.800. The van der Waals surface area contributed by atoms with Crippen LogP contribution in [0.5, 0.6) is 0 Å². The molecule has 114 valence electrons. The van der Waals surface area contributed by atoms with Gasteiger partial charge in [0.15, 0.2) is 0 Å². The molecule has 5 nitrogen and oxygen atoms in total. The normalized spacial score (nSPS) is 23.7. The Bertz CT molecular complexity index is 439. The molecule has 1 saturated heterocycles. The molecule has 5 heteroatoms. The molecule has 0 spiro atoms. The van der Waals surface area contributed by atoms with Crippen LogP contribution in [0.4, 0.5) is 0 Å². The molecular weight excluding hydrogens is 250 g/mol. The molecule has 1 aliphatic heterocycles. The first-order chi connectivity index (χ1) is 9.35. The first-order valence-corrected chi connectivity index (χ1v) is 7.54. The lowest BCUT2D eigenvalue weighted by atomic mass is 9.93. The third-order valence-electron chi connectivity index (χ3n) is 4.68. The Morgan fingerprint density at radius 2 is 2.05 bits per heavy atom. The standard InChI is InChI=1S/C15H29N5/c1-6-13(16)14(12-9-17-19(5)10-12)20-8-7-18(4)15(2,3)11-20/h9-10,13-14H,6-8,11,16H2,1-5H3. The van der Waals surface area contributed by atoms with Crippen molar-refractivity contribution in [3.8, 4) is 0 Å². The highest BCUT2D eigenvalue weighted by atomic mass is 15.3. The quantitative estimate of drug-likeness (QED) is 0.900. The molecule has 20 heavy (non-hydrogen) atoms. The van der Waals surface area contributed by atoms with Crippen molar-refractivity contribution in [2.24, 2.45) is 12.8 Å². The topological polar surface area (TPSA) is 50.3 Å². The molecule has 2 unspecified atom stereocenters. The van der Waals surface area contributed by atoms with E-state index in [0.717, 1.165) is 26.1 Å². The van der Waals surface area contributed by atoms with Gasteiger partial charge >= 0.3 is 0 Å². The highest BCUT2D eigenvalue weighted by molar-refractivity contribution is 5.14. The lowest BCUT2D eigenvalue weighted by molar-refractivity contribution is 0.00953. The minimum atomic E-state index is 0.151. The van der Waals surface area contributed by atoms with Crippen LogP contribution in [0.15, 0.2) is 12.4 Å². The fourth-order valence-corrected chi connectivity index (χ4v) is 3.06. The van der Waals surface area contributed by atoms with Crippen molar-refractivity contribution < 1.29 is 0 Å². The summed E-state index contributed by atoms with van der Waals surface area (Å²) in [6.45, 7) is 9.95. The fourth-order valence-electron chi connectivity index (χ4n) is 3.06. The highest BCUT2D eigenvalue weighted by Gasteiger charge is 2.36. The molecule has 2 N–H and O–H groups in total. The van der Waals surface area contributed by atoms with Gasteiger partial charge in [0.1, 0.15) is 0 Å². The highest BCUT2D eigenvalue weighted by Crippen LogP contribution is 2.30. The van der Waals surface area contributed by atoms with E-state index in [4.69, 9.17) is 5.73 Å². The maximum atomic E-state index is 6.42. The molecule has 1 aromatic heterocycles. The zero-order chi connectivity index (χ0) is 14.9. The first-order valence-electron chi connectivity index (χ1n) is 7.54. The molecule has 2 heterocycles. The second-order valence-electron chi connectivity index (χ2n) is 6.67. The van der Waals surface area contributed by atoms with Crippen molar-refractivity contribution in [2.45, 2.75) is 44.8 Å². The zero-order valence-electron chi connectivity index (χ0n) is 13.5. The monoisotopic (exact) mass is 279 g/mol. The van der Waals surface area contributed by atoms with Crippen molar-refractivity contribution in [3.05, 3.63) is 18.0 Å². The number of nitrogens with zero attached hydrogens (tertiary/aromatic N) is 4. The number of aromatic nitrogens is 2. The van der Waals surface area contributed by atoms with E-state index in [0.29, 0.717) is 0 Å². The second-order valence-corrected chi connectivity index (χ2v) is 6.67. The van der Waals surface area contributed by atoms with Crippen molar-refractivity contribution in [1.29, 1.82) is 0 Å². The van der Waals surface area contributed by atoms with E-state index in [-0.39, 0.29) is 17.6 Å². The van der Waals surface area contributed by atoms with Gasteiger partial charge < -0.3 is 5.73 Å². The van der Waals surface area contributed by atoms with Crippen LogP contribution in [-0.2, 0) is 7.05 Å². The molecule has 0 amide bonds. The molecule has 0 radical (unpaired) electrons. The van der Waals surface area contributed by atoms with Gasteiger partial charge in [-0.05, 0) is 27.3 Å². The zero-order valence-corrected chi connectivity index (χ0v) is 13.5. The van der Waals surface area contributed by atoms with Crippen LogP contribution in [0.1, 0.15) is 38.8 Å². The maximum absolute atomic E-state index is 6.42. The SMILES string of the molecule is CCC(N)C(c1cnn(C)c1)N1CCN(C)C(C)(C)C1. The summed E-state index contributed by atoms with van der Waals surface area (Å²) in [7, 11) is 4.17. The summed E-state index contributed by atoms with van der Waals surface area (Å²) < 4.78 is 1.87. The Morgan fingerprint density at radius 1 is 1.35 bits per heavy atom. The number of hydrogen-bond donors (Lipinski definition) is 1. The van der Waals surface area contributed by atoms with E-state index in [9.17, 15) is 0 Å². The Kier molecular flexibility index (Phi) is 4.52. The summed E-state index contributed by atoms with van der Waals surface area (Å²) in [6, 6.07) is 0.417. The molecule has 0 bridgehead atoms. The molecule has 0 aliphatic carbocycles. The van der Waals surface area contributed by atoms with Gasteiger partial charge in [-0.1, -0.05) is 6.92 Å². The number of nitrogens with two attached hydrogens (primary N) is 1. The summed E-state index contributed by atoms with van der Waals surface area (Å²) in [5.74, 6) is 0. The summed E-state index contributed by atoms with van der Waals surface area (Å²) in [6.07, 6.45) is 5.04. The minimum Gasteiger partial charge on any atom is -0.326 e. The maximum Gasteiger partial charge on any atom is 0.0538 e. The molecule has 2 atom stereocenters. The van der Waals surface area contributed by atoms with Crippen molar-refractivity contribution in [3.63, 3.8) is 0 Å². The molecule has 1 fully saturated rings. The van der Waals surface area contributed by atoms with Gasteiger partial charge in [-0.25, -0.2) is 0 Å². The number of piperazine rings is 1. The van der Waals surface area contributed by atoms with Crippen molar-refractivity contribution >= 4 is 0 Å². The minimum absolute atomic E-state index is 0.151. The second kappa shape index (κ2) is 5.84. The lowest BCUT2D eigenvalue weighted by Crippen LogP contribution is -2.59. The molecule has 2 rings (SSSR count). The van der Waals surface area contributed by atoms with Crippen LogP contribution < -0.4 is 5.73 Å².